The van der Waals surface area contributed by atoms with Crippen LogP contribution in [0.25, 0.3) is 0 Å². The van der Waals surface area contributed by atoms with Crippen LogP contribution in [0.2, 0.25) is 0 Å². The van der Waals surface area contributed by atoms with Crippen LogP contribution in [-0.2, 0) is 23.2 Å². The fourth-order valence-corrected chi connectivity index (χ4v) is 1.74. The molecule has 18 heavy (non-hydrogen) atoms. The molecule has 0 bridgehead atoms. The van der Waals surface area contributed by atoms with Gasteiger partial charge in [0, 0.05) is 4.57 Å². The van der Waals surface area contributed by atoms with Crippen LogP contribution in [0.1, 0.15) is 26.7 Å². The van der Waals surface area contributed by atoms with Crippen molar-refractivity contribution in [2.75, 3.05) is 13.2 Å². The van der Waals surface area contributed by atoms with Crippen molar-refractivity contribution in [1.29, 1.82) is 0 Å². The zero-order valence-electron chi connectivity index (χ0n) is 10.4. The lowest BCUT2D eigenvalue weighted by molar-refractivity contribution is -0.143. The Morgan fingerprint density at radius 3 is 1.56 bits per heavy atom. The molecule has 0 amide bonds. The van der Waals surface area contributed by atoms with E-state index < -0.39 is 32.0 Å². The van der Waals surface area contributed by atoms with Gasteiger partial charge in [0.05, 0.1) is 11.8 Å². The highest BCUT2D eigenvalue weighted by molar-refractivity contribution is 7.33. The molecule has 0 aromatic heterocycles. The number of rotatable bonds is 10. The Morgan fingerprint density at radius 2 is 1.33 bits per heavy atom. The molecule has 0 saturated heterocycles. The highest BCUT2D eigenvalue weighted by Crippen LogP contribution is 2.26. The number of carboxylic acid groups (broad SMARTS) is 2. The van der Waals surface area contributed by atoms with Gasteiger partial charge in [-0.15, -0.1) is 9.05 Å². The maximum absolute atomic E-state index is 11.2. The molecular weight excluding hydrogens is 263 g/mol. The van der Waals surface area contributed by atoms with Crippen LogP contribution in [0.3, 0.4) is 0 Å². The number of aliphatic carboxylic acids is 2. The van der Waals surface area contributed by atoms with E-state index in [4.69, 9.17) is 19.3 Å². The molecule has 2 N–H and O–H groups in total. The molecule has 0 spiro atoms. The molecule has 104 valence electrons. The number of hydrogen-bond acceptors (Lipinski definition) is 5. The fraction of sp³-hybridized carbons (Fsp3) is 0.800. The molecule has 2 atom stereocenters. The molecule has 0 aromatic carbocycles. The van der Waals surface area contributed by atoms with Gasteiger partial charge >= 0.3 is 20.2 Å². The second-order valence-corrected chi connectivity index (χ2v) is 4.67. The van der Waals surface area contributed by atoms with E-state index in [1.54, 1.807) is 13.8 Å². The van der Waals surface area contributed by atoms with E-state index in [0.717, 1.165) is 0 Å². The molecule has 0 saturated carbocycles. The second-order valence-electron chi connectivity index (χ2n) is 3.70. The average molecular weight is 281 g/mol. The topological polar surface area (TPSA) is 110 Å². The molecule has 0 aliphatic carbocycles. The minimum absolute atomic E-state index is 0.217. The van der Waals surface area contributed by atoms with Gasteiger partial charge in [-0.2, -0.15) is 0 Å². The molecule has 0 rings (SSSR count). The van der Waals surface area contributed by atoms with Gasteiger partial charge < -0.3 is 10.2 Å². The summed E-state index contributed by atoms with van der Waals surface area (Å²) in [6, 6.07) is 0. The standard InChI is InChI=1S/C10H17O7P/c1-3-7(9(11)12)5-16-18(15)17-6-8(4-2)10(13)14/h7-8H,3-6H2,1-2H3,(H-,11,12,13,14)/p+1. The van der Waals surface area contributed by atoms with Gasteiger partial charge in [0.15, 0.2) is 0 Å². The zero-order valence-corrected chi connectivity index (χ0v) is 11.3. The summed E-state index contributed by atoms with van der Waals surface area (Å²) in [5.41, 5.74) is 0. The highest BCUT2D eigenvalue weighted by atomic mass is 31.1. The Kier molecular flexibility index (Phi) is 8.45. The molecule has 0 aliphatic rings. The molecule has 8 heteroatoms. The van der Waals surface area contributed by atoms with Crippen molar-refractivity contribution in [3.63, 3.8) is 0 Å². The van der Waals surface area contributed by atoms with Gasteiger partial charge in [-0.3, -0.25) is 9.59 Å². The Bertz CT molecular complexity index is 277. The zero-order chi connectivity index (χ0) is 14.1. The van der Waals surface area contributed by atoms with E-state index in [9.17, 15) is 14.2 Å². The summed E-state index contributed by atoms with van der Waals surface area (Å²) in [5, 5.41) is 17.4. The first-order chi connectivity index (χ1) is 8.42. The lowest BCUT2D eigenvalue weighted by Gasteiger charge is -2.05. The Hall–Kier alpha value is -1.04. The summed E-state index contributed by atoms with van der Waals surface area (Å²) in [6.07, 6.45) is 0.705. The first-order valence-electron chi connectivity index (χ1n) is 5.61. The summed E-state index contributed by atoms with van der Waals surface area (Å²) in [4.78, 5) is 21.3. The lowest BCUT2D eigenvalue weighted by Crippen LogP contribution is -2.19. The minimum atomic E-state index is -2.48. The van der Waals surface area contributed by atoms with Crippen molar-refractivity contribution in [2.24, 2.45) is 11.8 Å². The number of carbonyl (C=O) groups is 2. The quantitative estimate of drug-likeness (QED) is 0.588. The largest absolute Gasteiger partial charge is 0.697 e. The molecular formula is C10H18O7P+. The number of hydrogen-bond donors (Lipinski definition) is 2. The Morgan fingerprint density at radius 1 is 1.00 bits per heavy atom. The van der Waals surface area contributed by atoms with E-state index in [-0.39, 0.29) is 13.2 Å². The predicted molar refractivity (Wildman–Crippen MR) is 62.3 cm³/mol. The third-order valence-corrected chi connectivity index (χ3v) is 3.17. The Labute approximate surface area is 106 Å². The first kappa shape index (κ1) is 17.0. The van der Waals surface area contributed by atoms with Crippen molar-refractivity contribution in [3.8, 4) is 0 Å². The maximum Gasteiger partial charge on any atom is 0.697 e. The molecule has 0 fully saturated rings. The van der Waals surface area contributed by atoms with E-state index in [1.807, 2.05) is 0 Å². The van der Waals surface area contributed by atoms with Gasteiger partial charge in [-0.25, -0.2) is 0 Å². The molecule has 7 nitrogen and oxygen atoms in total. The summed E-state index contributed by atoms with van der Waals surface area (Å²) in [6.45, 7) is 2.91. The van der Waals surface area contributed by atoms with E-state index in [1.165, 1.54) is 0 Å². The minimum Gasteiger partial charge on any atom is -0.481 e. The van der Waals surface area contributed by atoms with Crippen LogP contribution in [0.5, 0.6) is 0 Å². The van der Waals surface area contributed by atoms with Gasteiger partial charge in [-0.1, -0.05) is 13.8 Å². The molecule has 0 aromatic rings. The molecule has 0 radical (unpaired) electrons. The van der Waals surface area contributed by atoms with Crippen LogP contribution >= 0.6 is 8.25 Å². The fourth-order valence-electron chi connectivity index (χ4n) is 1.07. The highest BCUT2D eigenvalue weighted by Gasteiger charge is 2.28. The van der Waals surface area contributed by atoms with Crippen LogP contribution in [0.4, 0.5) is 0 Å². The summed E-state index contributed by atoms with van der Waals surface area (Å²) < 4.78 is 20.7. The number of carboxylic acids is 2. The van der Waals surface area contributed by atoms with Crippen LogP contribution in [-0.4, -0.2) is 35.4 Å². The molecule has 0 heterocycles. The Balaban J connectivity index is 3.97. The predicted octanol–water partition coefficient (Wildman–Crippen LogP) is 1.90. The lowest BCUT2D eigenvalue weighted by atomic mass is 10.1. The first-order valence-corrected chi connectivity index (χ1v) is 6.70. The van der Waals surface area contributed by atoms with Crippen molar-refractivity contribution in [1.82, 2.24) is 0 Å². The summed E-state index contributed by atoms with van der Waals surface area (Å²) in [7, 11) is -2.48. The van der Waals surface area contributed by atoms with Gasteiger partial charge in [-0.05, 0) is 12.8 Å². The summed E-state index contributed by atoms with van der Waals surface area (Å²) in [5.74, 6) is -3.54. The van der Waals surface area contributed by atoms with Crippen molar-refractivity contribution in [2.45, 2.75) is 26.7 Å². The van der Waals surface area contributed by atoms with Crippen LogP contribution in [0.15, 0.2) is 0 Å². The second kappa shape index (κ2) is 8.97. The van der Waals surface area contributed by atoms with Crippen molar-refractivity contribution in [3.05, 3.63) is 0 Å². The van der Waals surface area contributed by atoms with Gasteiger partial charge in [0.2, 0.25) is 0 Å². The van der Waals surface area contributed by atoms with Crippen LogP contribution in [0, 0.1) is 11.8 Å². The van der Waals surface area contributed by atoms with E-state index >= 15 is 0 Å². The van der Waals surface area contributed by atoms with Crippen molar-refractivity contribution < 1.29 is 33.4 Å². The SMILES string of the molecule is CCC(CO[P+](=O)OCC(CC)C(=O)O)C(=O)O. The molecule has 2 unspecified atom stereocenters. The smallest absolute Gasteiger partial charge is 0.481 e. The van der Waals surface area contributed by atoms with Gasteiger partial charge in [0.25, 0.3) is 0 Å². The maximum atomic E-state index is 11.2. The molecule has 0 aliphatic heterocycles. The van der Waals surface area contributed by atoms with Gasteiger partial charge in [0.1, 0.15) is 13.2 Å². The average Bonchev–Trinajstić information content (AvgIpc) is 2.29. The summed E-state index contributed by atoms with van der Waals surface area (Å²) >= 11 is 0. The third kappa shape index (κ3) is 6.64. The third-order valence-electron chi connectivity index (χ3n) is 2.45. The van der Waals surface area contributed by atoms with E-state index in [0.29, 0.717) is 12.8 Å². The normalized spacial score (nSPS) is 14.9. The monoisotopic (exact) mass is 281 g/mol. The van der Waals surface area contributed by atoms with Crippen molar-refractivity contribution >= 4 is 20.2 Å². The van der Waals surface area contributed by atoms with Crippen LogP contribution < -0.4 is 0 Å². The van der Waals surface area contributed by atoms with E-state index in [2.05, 4.69) is 0 Å².